The Morgan fingerprint density at radius 2 is 1.68 bits per heavy atom. The lowest BCUT2D eigenvalue weighted by Gasteiger charge is -2.44. The van der Waals surface area contributed by atoms with Gasteiger partial charge in [0.1, 0.15) is 0 Å². The van der Waals surface area contributed by atoms with Crippen molar-refractivity contribution >= 4 is 17.8 Å². The molecule has 0 bridgehead atoms. The minimum absolute atomic E-state index is 0.188. The third kappa shape index (κ3) is 3.44. The van der Waals surface area contributed by atoms with Crippen LogP contribution in [0, 0.1) is 0 Å². The number of hydrogen-bond acceptors (Lipinski definition) is 5. The Kier molecular flexibility index (Phi) is 5.18. The maximum Gasteiger partial charge on any atom is 0.332 e. The number of imide groups is 1. The number of amides is 2. The van der Waals surface area contributed by atoms with E-state index in [0.29, 0.717) is 25.9 Å². The fourth-order valence-corrected chi connectivity index (χ4v) is 3.76. The number of ether oxygens (including phenoxy) is 1. The lowest BCUT2D eigenvalue weighted by Crippen LogP contribution is -2.62. The van der Waals surface area contributed by atoms with Gasteiger partial charge in [-0.05, 0) is 25.3 Å². The number of carbonyl (C=O) groups excluding carboxylic acids is 3. The van der Waals surface area contributed by atoms with Gasteiger partial charge in [-0.15, -0.1) is 0 Å². The van der Waals surface area contributed by atoms with Gasteiger partial charge in [-0.2, -0.15) is 0 Å². The van der Waals surface area contributed by atoms with Crippen LogP contribution >= 0.6 is 0 Å². The number of carbonyl (C=O) groups is 3. The highest BCUT2D eigenvalue weighted by molar-refractivity contribution is 6.06. The molecular weight excluding hydrogens is 320 g/mol. The minimum Gasteiger partial charge on any atom is -0.464 e. The summed E-state index contributed by atoms with van der Waals surface area (Å²) < 4.78 is 5.24. The van der Waals surface area contributed by atoms with Crippen molar-refractivity contribution < 1.29 is 19.1 Å². The van der Waals surface area contributed by atoms with Crippen LogP contribution in [-0.2, 0) is 25.7 Å². The van der Waals surface area contributed by atoms with E-state index in [1.54, 1.807) is 6.92 Å². The van der Waals surface area contributed by atoms with Crippen molar-refractivity contribution in [1.82, 2.24) is 9.80 Å². The molecule has 0 aromatic heterocycles. The average Bonchev–Trinajstić information content (AvgIpc) is 2.96. The molecule has 2 fully saturated rings. The van der Waals surface area contributed by atoms with Crippen LogP contribution in [0.3, 0.4) is 0 Å². The Balaban J connectivity index is 1.76. The zero-order valence-corrected chi connectivity index (χ0v) is 14.6. The van der Waals surface area contributed by atoms with Gasteiger partial charge < -0.3 is 4.74 Å². The van der Waals surface area contributed by atoms with Gasteiger partial charge in [0.25, 0.3) is 0 Å². The molecule has 134 valence electrons. The fraction of sp³-hybridized carbons (Fsp3) is 0.526. The largest absolute Gasteiger partial charge is 0.464 e. The van der Waals surface area contributed by atoms with Crippen molar-refractivity contribution in [3.8, 4) is 0 Å². The SMILES string of the molecule is CCOC(=O)C1(N2C(=O)CCC2=O)CCN(Cc2ccccc2)CC1. The molecule has 0 saturated carbocycles. The molecule has 2 saturated heterocycles. The van der Waals surface area contributed by atoms with Crippen LogP contribution in [0.1, 0.15) is 38.2 Å². The first-order valence-corrected chi connectivity index (χ1v) is 8.86. The fourth-order valence-electron chi connectivity index (χ4n) is 3.76. The molecule has 25 heavy (non-hydrogen) atoms. The van der Waals surface area contributed by atoms with Crippen LogP contribution in [0.25, 0.3) is 0 Å². The molecule has 1 aromatic carbocycles. The Labute approximate surface area is 147 Å². The third-order valence-electron chi connectivity index (χ3n) is 5.07. The van der Waals surface area contributed by atoms with E-state index in [-0.39, 0.29) is 31.3 Å². The van der Waals surface area contributed by atoms with Gasteiger partial charge in [-0.25, -0.2) is 4.79 Å². The van der Waals surface area contributed by atoms with Crippen molar-refractivity contribution in [2.45, 2.75) is 44.7 Å². The third-order valence-corrected chi connectivity index (χ3v) is 5.07. The second-order valence-electron chi connectivity index (χ2n) is 6.64. The summed E-state index contributed by atoms with van der Waals surface area (Å²) in [6.07, 6.45) is 1.23. The molecule has 0 spiro atoms. The number of esters is 1. The molecule has 0 N–H and O–H groups in total. The summed E-state index contributed by atoms with van der Waals surface area (Å²) in [5.74, 6) is -0.956. The Morgan fingerprint density at radius 3 is 2.24 bits per heavy atom. The van der Waals surface area contributed by atoms with Crippen LogP contribution in [0.15, 0.2) is 30.3 Å². The minimum atomic E-state index is -1.13. The van der Waals surface area contributed by atoms with Crippen molar-refractivity contribution in [2.75, 3.05) is 19.7 Å². The maximum absolute atomic E-state index is 12.7. The van der Waals surface area contributed by atoms with Crippen molar-refractivity contribution in [3.05, 3.63) is 35.9 Å². The number of rotatable bonds is 5. The van der Waals surface area contributed by atoms with Gasteiger partial charge in [-0.1, -0.05) is 30.3 Å². The highest BCUT2D eigenvalue weighted by Crippen LogP contribution is 2.35. The van der Waals surface area contributed by atoms with Crippen LogP contribution in [0.4, 0.5) is 0 Å². The molecule has 2 heterocycles. The number of likely N-dealkylation sites (tertiary alicyclic amines) is 2. The summed E-state index contributed by atoms with van der Waals surface area (Å²) in [5.41, 5.74) is 0.0767. The summed E-state index contributed by atoms with van der Waals surface area (Å²) in [7, 11) is 0. The highest BCUT2D eigenvalue weighted by atomic mass is 16.5. The normalized spacial score (nSPS) is 20.8. The predicted molar refractivity (Wildman–Crippen MR) is 91.4 cm³/mol. The van der Waals surface area contributed by atoms with Crippen LogP contribution in [-0.4, -0.2) is 52.8 Å². The van der Waals surface area contributed by atoms with Crippen LogP contribution in [0.2, 0.25) is 0 Å². The molecule has 2 aliphatic heterocycles. The van der Waals surface area contributed by atoms with Gasteiger partial charge in [0.05, 0.1) is 6.61 Å². The molecule has 3 rings (SSSR count). The molecule has 0 unspecified atom stereocenters. The smallest absolute Gasteiger partial charge is 0.332 e. The molecule has 6 heteroatoms. The molecule has 2 amide bonds. The zero-order valence-electron chi connectivity index (χ0n) is 14.6. The van der Waals surface area contributed by atoms with E-state index in [2.05, 4.69) is 17.0 Å². The number of benzene rings is 1. The Hall–Kier alpha value is -2.21. The van der Waals surface area contributed by atoms with E-state index in [1.807, 2.05) is 18.2 Å². The molecule has 0 aliphatic carbocycles. The average molecular weight is 344 g/mol. The highest BCUT2D eigenvalue weighted by Gasteiger charge is 2.53. The van der Waals surface area contributed by atoms with Crippen LogP contribution in [0.5, 0.6) is 0 Å². The van der Waals surface area contributed by atoms with Gasteiger partial charge in [0, 0.05) is 32.5 Å². The monoisotopic (exact) mass is 344 g/mol. The number of nitrogens with zero attached hydrogens (tertiary/aromatic N) is 2. The quantitative estimate of drug-likeness (QED) is 0.601. The first-order chi connectivity index (χ1) is 12.1. The molecule has 6 nitrogen and oxygen atoms in total. The second kappa shape index (κ2) is 7.35. The summed E-state index contributed by atoms with van der Waals surface area (Å²) in [5, 5.41) is 0. The van der Waals surface area contributed by atoms with Crippen LogP contribution < -0.4 is 0 Å². The summed E-state index contributed by atoms with van der Waals surface area (Å²) in [6.45, 7) is 4.06. The number of piperidine rings is 1. The molecule has 0 radical (unpaired) electrons. The van der Waals surface area contributed by atoms with Crippen molar-refractivity contribution in [2.24, 2.45) is 0 Å². The lowest BCUT2D eigenvalue weighted by molar-refractivity contribution is -0.170. The zero-order chi connectivity index (χ0) is 17.9. The lowest BCUT2D eigenvalue weighted by atomic mass is 9.85. The van der Waals surface area contributed by atoms with Crippen molar-refractivity contribution in [3.63, 3.8) is 0 Å². The van der Waals surface area contributed by atoms with E-state index in [1.165, 1.54) is 10.5 Å². The molecule has 1 aromatic rings. The topological polar surface area (TPSA) is 66.9 Å². The van der Waals surface area contributed by atoms with Gasteiger partial charge in [0.15, 0.2) is 5.54 Å². The second-order valence-corrected chi connectivity index (χ2v) is 6.64. The summed E-state index contributed by atoms with van der Waals surface area (Å²) in [4.78, 5) is 40.6. The molecular formula is C19H24N2O4. The summed E-state index contributed by atoms with van der Waals surface area (Å²) >= 11 is 0. The number of hydrogen-bond donors (Lipinski definition) is 0. The van der Waals surface area contributed by atoms with E-state index in [9.17, 15) is 14.4 Å². The van der Waals surface area contributed by atoms with Crippen molar-refractivity contribution in [1.29, 1.82) is 0 Å². The van der Waals surface area contributed by atoms with Gasteiger partial charge >= 0.3 is 5.97 Å². The van der Waals surface area contributed by atoms with E-state index >= 15 is 0 Å². The maximum atomic E-state index is 12.7. The van der Waals surface area contributed by atoms with Gasteiger partial charge in [-0.3, -0.25) is 19.4 Å². The summed E-state index contributed by atoms with van der Waals surface area (Å²) in [6, 6.07) is 10.1. The van der Waals surface area contributed by atoms with E-state index in [4.69, 9.17) is 4.74 Å². The first kappa shape index (κ1) is 17.6. The molecule has 2 aliphatic rings. The van der Waals surface area contributed by atoms with E-state index in [0.717, 1.165) is 6.54 Å². The van der Waals surface area contributed by atoms with E-state index < -0.39 is 11.5 Å². The Morgan fingerprint density at radius 1 is 1.08 bits per heavy atom. The van der Waals surface area contributed by atoms with Gasteiger partial charge in [0.2, 0.25) is 11.8 Å². The Bertz CT molecular complexity index is 635. The first-order valence-electron chi connectivity index (χ1n) is 8.86. The standard InChI is InChI=1S/C19H24N2O4/c1-2-25-18(24)19(21-16(22)8-9-17(21)23)10-12-20(13-11-19)14-15-6-4-3-5-7-15/h3-7H,2,8-14H2,1H3. The molecule has 0 atom stereocenters. The predicted octanol–water partition coefficient (Wildman–Crippen LogP) is 1.73.